The molecule has 5 rings (SSSR count). The Morgan fingerprint density at radius 1 is 0.919 bits per heavy atom. The highest BCUT2D eigenvalue weighted by Crippen LogP contribution is 2.47. The molecular weight excluding hydrogens is 468 g/mol. The van der Waals surface area contributed by atoms with Gasteiger partial charge in [0.15, 0.2) is 5.78 Å². The number of amides is 1. The highest BCUT2D eigenvalue weighted by molar-refractivity contribution is 6.06. The van der Waals surface area contributed by atoms with Crippen LogP contribution in [-0.2, 0) is 14.4 Å². The summed E-state index contributed by atoms with van der Waals surface area (Å²) in [7, 11) is 1.58. The fourth-order valence-electron chi connectivity index (χ4n) is 5.26. The lowest BCUT2D eigenvalue weighted by Gasteiger charge is -2.35. The number of Topliss-reactive ketones (excluding diaryl/α,β-unsaturated/α-hetero) is 1. The van der Waals surface area contributed by atoms with Crippen LogP contribution in [0.5, 0.6) is 5.75 Å². The lowest BCUT2D eigenvalue weighted by Crippen LogP contribution is -2.38. The number of nitrogens with zero attached hydrogens (tertiary/aromatic N) is 1. The molecule has 0 spiro atoms. The van der Waals surface area contributed by atoms with Crippen molar-refractivity contribution in [1.82, 2.24) is 0 Å². The molecule has 7 nitrogen and oxygen atoms in total. The van der Waals surface area contributed by atoms with Gasteiger partial charge in [0.25, 0.3) is 0 Å². The summed E-state index contributed by atoms with van der Waals surface area (Å²) in [6, 6.07) is 24.0. The molecule has 1 heterocycles. The number of aliphatic carboxylic acids is 1. The monoisotopic (exact) mass is 496 g/mol. The van der Waals surface area contributed by atoms with Crippen molar-refractivity contribution >= 4 is 29.0 Å². The molecule has 188 valence electrons. The van der Waals surface area contributed by atoms with Gasteiger partial charge in [-0.25, -0.2) is 0 Å². The van der Waals surface area contributed by atoms with Crippen molar-refractivity contribution in [2.45, 2.75) is 37.6 Å². The third-order valence-corrected chi connectivity index (χ3v) is 7.01. The lowest BCUT2D eigenvalue weighted by molar-refractivity contribution is -0.138. The molecule has 7 heteroatoms. The van der Waals surface area contributed by atoms with Gasteiger partial charge in [-0.3, -0.25) is 19.3 Å². The summed E-state index contributed by atoms with van der Waals surface area (Å²) in [4.78, 5) is 40.5. The van der Waals surface area contributed by atoms with Gasteiger partial charge in [0.2, 0.25) is 5.91 Å². The lowest BCUT2D eigenvalue weighted by atomic mass is 9.78. The minimum atomic E-state index is -1.05. The zero-order valence-corrected chi connectivity index (χ0v) is 20.5. The number of carbonyl (C=O) groups excluding carboxylic acids is 2. The summed E-state index contributed by atoms with van der Waals surface area (Å²) in [6.45, 7) is 0. The molecule has 0 fully saturated rings. The van der Waals surface area contributed by atoms with Crippen molar-refractivity contribution in [1.29, 1.82) is 0 Å². The van der Waals surface area contributed by atoms with E-state index in [0.29, 0.717) is 35.5 Å². The summed E-state index contributed by atoms with van der Waals surface area (Å²) in [5, 5.41) is 12.7. The Morgan fingerprint density at radius 2 is 1.62 bits per heavy atom. The number of nitrogens with one attached hydrogen (secondary N) is 1. The van der Waals surface area contributed by atoms with E-state index in [1.54, 1.807) is 24.1 Å². The van der Waals surface area contributed by atoms with E-state index in [1.165, 1.54) is 0 Å². The van der Waals surface area contributed by atoms with E-state index in [4.69, 9.17) is 4.74 Å². The van der Waals surface area contributed by atoms with Gasteiger partial charge in [-0.15, -0.1) is 0 Å². The van der Waals surface area contributed by atoms with Crippen LogP contribution in [0.15, 0.2) is 90.1 Å². The molecule has 0 saturated carbocycles. The average molecular weight is 497 g/mol. The molecule has 0 saturated heterocycles. The molecular formula is C30H28N2O5. The number of benzene rings is 3. The highest BCUT2D eigenvalue weighted by atomic mass is 16.5. The molecule has 3 aromatic carbocycles. The standard InChI is InChI=1S/C30H28N2O5/c1-37-22-13-11-20(12-14-22)30-29-24(17-21(18-26(29)33)19-7-3-2-4-8-19)31-23-9-5-6-10-25(23)32(30)27(34)15-16-28(35)36/h2-14,21,30-31H,15-18H2,1H3,(H,35,36)/t21-,30+/m0/s1. The van der Waals surface area contributed by atoms with Crippen LogP contribution < -0.4 is 15.0 Å². The van der Waals surface area contributed by atoms with E-state index in [2.05, 4.69) is 5.32 Å². The van der Waals surface area contributed by atoms with E-state index < -0.39 is 12.0 Å². The van der Waals surface area contributed by atoms with Gasteiger partial charge in [-0.1, -0.05) is 54.6 Å². The minimum Gasteiger partial charge on any atom is -0.497 e. The minimum absolute atomic E-state index is 0.0119. The number of ketones is 1. The van der Waals surface area contributed by atoms with Gasteiger partial charge >= 0.3 is 5.97 Å². The molecule has 1 aliphatic heterocycles. The second-order valence-corrected chi connectivity index (χ2v) is 9.31. The Morgan fingerprint density at radius 3 is 2.32 bits per heavy atom. The fourth-order valence-corrected chi connectivity index (χ4v) is 5.26. The summed E-state index contributed by atoms with van der Waals surface area (Å²) < 4.78 is 5.33. The maximum atomic E-state index is 13.9. The van der Waals surface area contributed by atoms with Crippen LogP contribution in [0.1, 0.15) is 48.8 Å². The number of ether oxygens (including phenoxy) is 1. The van der Waals surface area contributed by atoms with Crippen LogP contribution in [0.25, 0.3) is 0 Å². The quantitative estimate of drug-likeness (QED) is 0.471. The van der Waals surface area contributed by atoms with Crippen molar-refractivity contribution < 1.29 is 24.2 Å². The predicted octanol–water partition coefficient (Wildman–Crippen LogP) is 5.46. The second kappa shape index (κ2) is 10.3. The van der Waals surface area contributed by atoms with Crippen molar-refractivity contribution in [2.24, 2.45) is 0 Å². The summed E-state index contributed by atoms with van der Waals surface area (Å²) in [5.41, 5.74) is 4.48. The molecule has 0 radical (unpaired) electrons. The van der Waals surface area contributed by atoms with Gasteiger partial charge in [0, 0.05) is 24.1 Å². The first-order valence-corrected chi connectivity index (χ1v) is 12.3. The first-order chi connectivity index (χ1) is 18.0. The normalized spacial score (nSPS) is 18.8. The SMILES string of the molecule is COc1ccc([C@@H]2C3=C(C[C@H](c4ccccc4)CC3=O)Nc3ccccc3N2C(=O)CCC(=O)O)cc1. The Hall–Kier alpha value is -4.39. The first kappa shape index (κ1) is 24.3. The molecule has 1 aliphatic carbocycles. The molecule has 0 bridgehead atoms. The van der Waals surface area contributed by atoms with Gasteiger partial charge in [-0.2, -0.15) is 0 Å². The van der Waals surface area contributed by atoms with E-state index in [0.717, 1.165) is 16.8 Å². The molecule has 37 heavy (non-hydrogen) atoms. The predicted molar refractivity (Wildman–Crippen MR) is 141 cm³/mol. The van der Waals surface area contributed by atoms with E-state index in [-0.39, 0.29) is 30.4 Å². The van der Waals surface area contributed by atoms with E-state index in [1.807, 2.05) is 66.7 Å². The Balaban J connectivity index is 1.68. The topological polar surface area (TPSA) is 95.9 Å². The number of methoxy groups -OCH3 is 1. The first-order valence-electron chi connectivity index (χ1n) is 12.3. The molecule has 2 N–H and O–H groups in total. The van der Waals surface area contributed by atoms with Gasteiger partial charge in [-0.05, 0) is 47.7 Å². The van der Waals surface area contributed by atoms with E-state index in [9.17, 15) is 19.5 Å². The van der Waals surface area contributed by atoms with Crippen molar-refractivity contribution in [2.75, 3.05) is 17.3 Å². The van der Waals surface area contributed by atoms with Crippen molar-refractivity contribution in [3.8, 4) is 5.75 Å². The third kappa shape index (κ3) is 4.85. The largest absolute Gasteiger partial charge is 0.497 e. The Labute approximate surface area is 215 Å². The molecule has 2 aliphatic rings. The summed E-state index contributed by atoms with van der Waals surface area (Å²) in [6.07, 6.45) is 0.462. The summed E-state index contributed by atoms with van der Waals surface area (Å²) >= 11 is 0. The van der Waals surface area contributed by atoms with Gasteiger partial charge in [0.1, 0.15) is 5.75 Å². The van der Waals surface area contributed by atoms with Gasteiger partial charge < -0.3 is 15.2 Å². The maximum Gasteiger partial charge on any atom is 0.303 e. The van der Waals surface area contributed by atoms with Gasteiger partial charge in [0.05, 0.1) is 30.9 Å². The molecule has 0 aromatic heterocycles. The number of carboxylic acid groups (broad SMARTS) is 1. The number of anilines is 2. The number of para-hydroxylation sites is 2. The Kier molecular flexibility index (Phi) is 6.77. The fraction of sp³-hybridized carbons (Fsp3) is 0.233. The van der Waals surface area contributed by atoms with Crippen LogP contribution >= 0.6 is 0 Å². The Bertz CT molecular complexity index is 1360. The summed E-state index contributed by atoms with van der Waals surface area (Å²) in [5.74, 6) is -0.766. The van der Waals surface area contributed by atoms with Crippen LogP contribution in [0.4, 0.5) is 11.4 Å². The van der Waals surface area contributed by atoms with E-state index >= 15 is 0 Å². The number of carbonyl (C=O) groups is 3. The van der Waals surface area contributed by atoms with Crippen LogP contribution in [0.2, 0.25) is 0 Å². The number of carboxylic acids is 1. The maximum absolute atomic E-state index is 13.9. The molecule has 2 atom stereocenters. The highest BCUT2D eigenvalue weighted by Gasteiger charge is 2.41. The third-order valence-electron chi connectivity index (χ3n) is 7.01. The van der Waals surface area contributed by atoms with Crippen LogP contribution in [-0.4, -0.2) is 29.9 Å². The van der Waals surface area contributed by atoms with Crippen molar-refractivity contribution in [3.05, 3.63) is 101 Å². The molecule has 1 amide bonds. The smallest absolute Gasteiger partial charge is 0.303 e. The van der Waals surface area contributed by atoms with Crippen molar-refractivity contribution in [3.63, 3.8) is 0 Å². The number of allylic oxidation sites excluding steroid dienone is 1. The number of rotatable bonds is 6. The number of hydrogen-bond acceptors (Lipinski definition) is 5. The molecule has 3 aromatic rings. The average Bonchev–Trinajstić information content (AvgIpc) is 3.07. The number of hydrogen-bond donors (Lipinski definition) is 2. The second-order valence-electron chi connectivity index (χ2n) is 9.31. The zero-order chi connectivity index (χ0) is 25.9. The van der Waals surface area contributed by atoms with Crippen LogP contribution in [0, 0.1) is 0 Å². The van der Waals surface area contributed by atoms with Crippen LogP contribution in [0.3, 0.4) is 0 Å². The zero-order valence-electron chi connectivity index (χ0n) is 20.5. The number of fused-ring (bicyclic) bond motifs is 1. The molecule has 0 unspecified atom stereocenters.